The Morgan fingerprint density at radius 1 is 1.29 bits per heavy atom. The summed E-state index contributed by atoms with van der Waals surface area (Å²) in [6.45, 7) is 5.42. The summed E-state index contributed by atoms with van der Waals surface area (Å²) in [7, 11) is 0. The van der Waals surface area contributed by atoms with Crippen LogP contribution in [0.4, 0.5) is 5.69 Å². The zero-order valence-corrected chi connectivity index (χ0v) is 10.9. The Balaban J connectivity index is 1.92. The van der Waals surface area contributed by atoms with Crippen molar-refractivity contribution in [2.24, 2.45) is 0 Å². The predicted octanol–water partition coefficient (Wildman–Crippen LogP) is 2.28. The van der Waals surface area contributed by atoms with Crippen molar-refractivity contribution in [1.29, 1.82) is 0 Å². The first-order valence-corrected chi connectivity index (χ1v) is 6.43. The van der Waals surface area contributed by atoms with Crippen molar-refractivity contribution in [3.63, 3.8) is 0 Å². The molecule has 0 unspecified atom stereocenters. The minimum atomic E-state index is 0.761. The van der Waals surface area contributed by atoms with Crippen LogP contribution in [0.2, 0.25) is 0 Å². The van der Waals surface area contributed by atoms with Gasteiger partial charge in [-0.15, -0.1) is 0 Å². The Morgan fingerprint density at radius 2 is 1.94 bits per heavy atom. The molecular weight excluding hydrogens is 232 g/mol. The summed E-state index contributed by atoms with van der Waals surface area (Å²) in [6.07, 6.45) is 1.06. The molecule has 0 atom stereocenters. The van der Waals surface area contributed by atoms with E-state index < -0.39 is 0 Å². The number of hydrogen-bond donors (Lipinski definition) is 1. The highest BCUT2D eigenvalue weighted by atomic mass is 32.1. The van der Waals surface area contributed by atoms with E-state index in [4.69, 9.17) is 17.0 Å². The van der Waals surface area contributed by atoms with E-state index in [2.05, 4.69) is 41.4 Å². The normalized spacial score (nSPS) is 15.7. The van der Waals surface area contributed by atoms with Gasteiger partial charge in [-0.05, 0) is 36.3 Å². The molecule has 1 aromatic carbocycles. The lowest BCUT2D eigenvalue weighted by molar-refractivity contribution is 0.0690. The minimum Gasteiger partial charge on any atom is -0.378 e. The van der Waals surface area contributed by atoms with E-state index in [1.807, 2.05) is 0 Å². The van der Waals surface area contributed by atoms with Gasteiger partial charge in [0.15, 0.2) is 5.11 Å². The van der Waals surface area contributed by atoms with Crippen LogP contribution in [0.25, 0.3) is 0 Å². The van der Waals surface area contributed by atoms with Gasteiger partial charge in [0.2, 0.25) is 0 Å². The third-order valence-electron chi connectivity index (χ3n) is 2.91. The Hall–Kier alpha value is -1.13. The summed E-state index contributed by atoms with van der Waals surface area (Å²) in [5.41, 5.74) is 2.39. The molecule has 4 heteroatoms. The lowest BCUT2D eigenvalue weighted by atomic mass is 10.1. The molecule has 0 spiro atoms. The van der Waals surface area contributed by atoms with Gasteiger partial charge in [-0.1, -0.05) is 19.1 Å². The fourth-order valence-electron chi connectivity index (χ4n) is 1.79. The molecule has 1 heterocycles. The number of morpholine rings is 1. The Kier molecular flexibility index (Phi) is 4.34. The molecule has 2 rings (SSSR count). The molecule has 17 heavy (non-hydrogen) atoms. The number of ether oxygens (including phenoxy) is 1. The van der Waals surface area contributed by atoms with Crippen LogP contribution in [-0.2, 0) is 11.2 Å². The van der Waals surface area contributed by atoms with E-state index in [1.165, 1.54) is 5.56 Å². The summed E-state index contributed by atoms with van der Waals surface area (Å²) in [5, 5.41) is 4.05. The quantitative estimate of drug-likeness (QED) is 0.814. The molecule has 0 bridgehead atoms. The summed E-state index contributed by atoms with van der Waals surface area (Å²) < 4.78 is 5.30. The van der Waals surface area contributed by atoms with E-state index in [9.17, 15) is 0 Å². The largest absolute Gasteiger partial charge is 0.378 e. The third kappa shape index (κ3) is 3.41. The molecule has 0 amide bonds. The van der Waals surface area contributed by atoms with Crippen LogP contribution in [0.1, 0.15) is 12.5 Å². The lowest BCUT2D eigenvalue weighted by Crippen LogP contribution is -2.42. The smallest absolute Gasteiger partial charge is 0.173 e. The molecule has 1 N–H and O–H groups in total. The van der Waals surface area contributed by atoms with Crippen molar-refractivity contribution < 1.29 is 4.74 Å². The molecule has 92 valence electrons. The zero-order valence-electron chi connectivity index (χ0n) is 10.1. The monoisotopic (exact) mass is 250 g/mol. The maximum absolute atomic E-state index is 5.38. The minimum absolute atomic E-state index is 0.761. The number of nitrogens with one attached hydrogen (secondary N) is 1. The number of anilines is 1. The first kappa shape index (κ1) is 12.3. The summed E-state index contributed by atoms with van der Waals surface area (Å²) in [6, 6.07) is 8.41. The van der Waals surface area contributed by atoms with Gasteiger partial charge in [-0.2, -0.15) is 0 Å². The second-order valence-corrected chi connectivity index (χ2v) is 4.47. The molecular formula is C13H18N2OS. The SMILES string of the molecule is CCc1ccc(NC(=S)N2CCOCC2)cc1. The number of rotatable bonds is 2. The van der Waals surface area contributed by atoms with Gasteiger partial charge < -0.3 is 15.0 Å². The van der Waals surface area contributed by atoms with Gasteiger partial charge in [0.25, 0.3) is 0 Å². The fourth-order valence-corrected chi connectivity index (χ4v) is 2.09. The van der Waals surface area contributed by atoms with Gasteiger partial charge in [0, 0.05) is 18.8 Å². The number of hydrogen-bond acceptors (Lipinski definition) is 2. The second-order valence-electron chi connectivity index (χ2n) is 4.08. The van der Waals surface area contributed by atoms with E-state index in [0.717, 1.165) is 43.5 Å². The topological polar surface area (TPSA) is 24.5 Å². The average molecular weight is 250 g/mol. The molecule has 0 radical (unpaired) electrons. The number of aryl methyl sites for hydroxylation is 1. The van der Waals surface area contributed by atoms with Crippen LogP contribution < -0.4 is 5.32 Å². The van der Waals surface area contributed by atoms with E-state index >= 15 is 0 Å². The molecule has 1 aliphatic rings. The van der Waals surface area contributed by atoms with Crippen LogP contribution in [0, 0.1) is 0 Å². The van der Waals surface area contributed by atoms with Crippen LogP contribution in [0.5, 0.6) is 0 Å². The van der Waals surface area contributed by atoms with Gasteiger partial charge >= 0.3 is 0 Å². The van der Waals surface area contributed by atoms with Gasteiger partial charge in [-0.3, -0.25) is 0 Å². The summed E-state index contributed by atoms with van der Waals surface area (Å²) in [4.78, 5) is 2.15. The molecule has 1 saturated heterocycles. The Labute approximate surface area is 108 Å². The molecule has 3 nitrogen and oxygen atoms in total. The van der Waals surface area contributed by atoms with Crippen molar-refractivity contribution in [2.75, 3.05) is 31.6 Å². The Bertz CT molecular complexity index is 372. The van der Waals surface area contributed by atoms with Crippen molar-refractivity contribution in [1.82, 2.24) is 4.90 Å². The van der Waals surface area contributed by atoms with E-state index in [-0.39, 0.29) is 0 Å². The highest BCUT2D eigenvalue weighted by Gasteiger charge is 2.13. The van der Waals surface area contributed by atoms with Gasteiger partial charge in [-0.25, -0.2) is 0 Å². The molecule has 0 aromatic heterocycles. The van der Waals surface area contributed by atoms with E-state index in [0.29, 0.717) is 0 Å². The van der Waals surface area contributed by atoms with E-state index in [1.54, 1.807) is 0 Å². The van der Waals surface area contributed by atoms with Crippen molar-refractivity contribution >= 4 is 23.0 Å². The zero-order chi connectivity index (χ0) is 12.1. The van der Waals surface area contributed by atoms with Gasteiger partial charge in [0.1, 0.15) is 0 Å². The van der Waals surface area contributed by atoms with Crippen LogP contribution >= 0.6 is 12.2 Å². The highest BCUT2D eigenvalue weighted by Crippen LogP contribution is 2.11. The summed E-state index contributed by atoms with van der Waals surface area (Å²) >= 11 is 5.38. The summed E-state index contributed by atoms with van der Waals surface area (Å²) in [5.74, 6) is 0. The molecule has 1 aliphatic heterocycles. The highest BCUT2D eigenvalue weighted by molar-refractivity contribution is 7.80. The lowest BCUT2D eigenvalue weighted by Gasteiger charge is -2.29. The second kappa shape index (κ2) is 5.98. The number of benzene rings is 1. The standard InChI is InChI=1S/C13H18N2OS/c1-2-11-3-5-12(6-4-11)14-13(17)15-7-9-16-10-8-15/h3-6H,2,7-10H2,1H3,(H,14,17). The fraction of sp³-hybridized carbons (Fsp3) is 0.462. The van der Waals surface area contributed by atoms with Crippen molar-refractivity contribution in [3.8, 4) is 0 Å². The number of thiocarbonyl (C=S) groups is 1. The maximum Gasteiger partial charge on any atom is 0.173 e. The van der Waals surface area contributed by atoms with Crippen LogP contribution in [-0.4, -0.2) is 36.3 Å². The number of nitrogens with zero attached hydrogens (tertiary/aromatic N) is 1. The van der Waals surface area contributed by atoms with Gasteiger partial charge in [0.05, 0.1) is 13.2 Å². The van der Waals surface area contributed by atoms with Crippen LogP contribution in [0.3, 0.4) is 0 Å². The van der Waals surface area contributed by atoms with Crippen molar-refractivity contribution in [3.05, 3.63) is 29.8 Å². The average Bonchev–Trinajstić information content (AvgIpc) is 2.40. The third-order valence-corrected chi connectivity index (χ3v) is 3.27. The van der Waals surface area contributed by atoms with Crippen LogP contribution in [0.15, 0.2) is 24.3 Å². The first-order chi connectivity index (χ1) is 8.29. The molecule has 1 fully saturated rings. The maximum atomic E-state index is 5.38. The van der Waals surface area contributed by atoms with Crippen molar-refractivity contribution in [2.45, 2.75) is 13.3 Å². The molecule has 0 saturated carbocycles. The molecule has 1 aromatic rings. The predicted molar refractivity (Wildman–Crippen MR) is 74.4 cm³/mol. The Morgan fingerprint density at radius 3 is 2.53 bits per heavy atom. The molecule has 0 aliphatic carbocycles. The first-order valence-electron chi connectivity index (χ1n) is 6.02.